The number of halogens is 5. The third kappa shape index (κ3) is 4.26. The number of carbonyl (C=O) groups is 2. The topological polar surface area (TPSA) is 58.6 Å². The summed E-state index contributed by atoms with van der Waals surface area (Å²) in [5, 5.41) is 2.54. The van der Waals surface area contributed by atoms with E-state index in [0.717, 1.165) is 0 Å². The number of ether oxygens (including phenoxy) is 1. The van der Waals surface area contributed by atoms with Crippen LogP contribution in [0.25, 0.3) is 0 Å². The molecule has 0 radical (unpaired) electrons. The summed E-state index contributed by atoms with van der Waals surface area (Å²) >= 11 is 0. The molecule has 1 aliphatic rings. The molecule has 0 aromatic heterocycles. The van der Waals surface area contributed by atoms with Gasteiger partial charge >= 0.3 is 18.0 Å². The van der Waals surface area contributed by atoms with Crippen LogP contribution in [0.15, 0.2) is 0 Å². The molecule has 1 aliphatic heterocycles. The smallest absolute Gasteiger partial charge is 0.375 e. The average molecular weight is 318 g/mol. The minimum atomic E-state index is -5.91. The van der Waals surface area contributed by atoms with Crippen LogP contribution in [0.2, 0.25) is 0 Å². The van der Waals surface area contributed by atoms with Gasteiger partial charge in [0, 0.05) is 26.2 Å². The minimum Gasteiger partial charge on any atom is -0.375 e. The van der Waals surface area contributed by atoms with E-state index >= 15 is 0 Å². The predicted molar refractivity (Wildman–Crippen MR) is 60.6 cm³/mol. The van der Waals surface area contributed by atoms with E-state index in [1.807, 2.05) is 0 Å². The molecule has 0 aromatic carbocycles. The van der Waals surface area contributed by atoms with Crippen LogP contribution in [0.5, 0.6) is 0 Å². The van der Waals surface area contributed by atoms with Crippen LogP contribution in [-0.2, 0) is 14.3 Å². The zero-order chi connectivity index (χ0) is 16.3. The van der Waals surface area contributed by atoms with Crippen LogP contribution in [0, 0.1) is 0 Å². The highest BCUT2D eigenvalue weighted by Gasteiger charge is 2.64. The van der Waals surface area contributed by atoms with Crippen molar-refractivity contribution in [3.05, 3.63) is 0 Å². The molecule has 1 fully saturated rings. The van der Waals surface area contributed by atoms with Gasteiger partial charge in [0.05, 0.1) is 0 Å². The lowest BCUT2D eigenvalue weighted by Crippen LogP contribution is -2.55. The highest BCUT2D eigenvalue weighted by Crippen LogP contribution is 2.37. The van der Waals surface area contributed by atoms with E-state index in [2.05, 4.69) is 10.1 Å². The van der Waals surface area contributed by atoms with Gasteiger partial charge in [0.25, 0.3) is 0 Å². The molecular weight excluding hydrogens is 303 g/mol. The number of nitrogens with one attached hydrogen (secondary N) is 1. The Morgan fingerprint density at radius 3 is 2.14 bits per heavy atom. The highest BCUT2D eigenvalue weighted by molar-refractivity contribution is 5.84. The fourth-order valence-electron chi connectivity index (χ4n) is 1.95. The van der Waals surface area contributed by atoms with E-state index in [1.165, 1.54) is 7.11 Å². The van der Waals surface area contributed by atoms with Crippen molar-refractivity contribution in [1.82, 2.24) is 10.2 Å². The van der Waals surface area contributed by atoms with Gasteiger partial charge in [-0.05, 0) is 12.8 Å². The predicted octanol–water partition coefficient (Wildman–Crippen LogP) is 0.938. The molecule has 122 valence electrons. The maximum Gasteiger partial charge on any atom is 0.463 e. The van der Waals surface area contributed by atoms with Crippen LogP contribution >= 0.6 is 0 Å². The molecule has 10 heteroatoms. The summed E-state index contributed by atoms with van der Waals surface area (Å²) in [4.78, 5) is 22.9. The number of nitrogens with zero attached hydrogens (tertiary/aromatic N) is 1. The monoisotopic (exact) mass is 318 g/mol. The molecule has 1 heterocycles. The zero-order valence-corrected chi connectivity index (χ0v) is 11.2. The fraction of sp³-hybridized carbons (Fsp3) is 0.818. The summed E-state index contributed by atoms with van der Waals surface area (Å²) < 4.78 is 66.7. The fourth-order valence-corrected chi connectivity index (χ4v) is 1.95. The van der Waals surface area contributed by atoms with Crippen molar-refractivity contribution in [2.24, 2.45) is 0 Å². The second-order valence-corrected chi connectivity index (χ2v) is 4.64. The number of amides is 2. The van der Waals surface area contributed by atoms with Gasteiger partial charge in [-0.2, -0.15) is 22.0 Å². The van der Waals surface area contributed by atoms with Gasteiger partial charge in [-0.15, -0.1) is 0 Å². The number of methoxy groups -OCH3 is 1. The third-order valence-electron chi connectivity index (χ3n) is 3.05. The summed E-state index contributed by atoms with van der Waals surface area (Å²) in [6.45, 7) is -0.726. The standard InChI is InChI=1S/C11H15F5N2O3/c1-21-6-8(19)17-7-2-4-18(5-3-7)9(20)10(12,13)11(14,15)16/h7H,2-6H2,1H3,(H,17,19). The van der Waals surface area contributed by atoms with Crippen molar-refractivity contribution in [3.63, 3.8) is 0 Å². The normalized spacial score (nSPS) is 17.7. The first kappa shape index (κ1) is 17.6. The largest absolute Gasteiger partial charge is 0.463 e. The number of likely N-dealkylation sites (tertiary alicyclic amines) is 1. The highest BCUT2D eigenvalue weighted by atomic mass is 19.4. The maximum absolute atomic E-state index is 12.9. The lowest BCUT2D eigenvalue weighted by Gasteiger charge is -2.34. The van der Waals surface area contributed by atoms with Crippen LogP contribution in [-0.4, -0.2) is 61.7 Å². The molecule has 21 heavy (non-hydrogen) atoms. The SMILES string of the molecule is COCC(=O)NC1CCN(C(=O)C(F)(F)C(F)(F)F)CC1. The van der Waals surface area contributed by atoms with Gasteiger partial charge in [0.2, 0.25) is 5.91 Å². The summed E-state index contributed by atoms with van der Waals surface area (Å²) in [5.74, 6) is -8.06. The van der Waals surface area contributed by atoms with E-state index in [9.17, 15) is 31.5 Å². The van der Waals surface area contributed by atoms with E-state index in [-0.39, 0.29) is 38.6 Å². The number of carbonyl (C=O) groups excluding carboxylic acids is 2. The zero-order valence-electron chi connectivity index (χ0n) is 11.2. The average Bonchev–Trinajstić information content (AvgIpc) is 2.37. The Kier molecular flexibility index (Phi) is 5.48. The van der Waals surface area contributed by atoms with Crippen LogP contribution in [0.3, 0.4) is 0 Å². The molecule has 0 aliphatic carbocycles. The molecule has 0 unspecified atom stereocenters. The second kappa shape index (κ2) is 6.54. The summed E-state index contributed by atoms with van der Waals surface area (Å²) in [5.41, 5.74) is 0. The summed E-state index contributed by atoms with van der Waals surface area (Å²) in [6.07, 6.45) is -5.70. The number of rotatable bonds is 4. The van der Waals surface area contributed by atoms with Gasteiger partial charge in [-0.3, -0.25) is 9.59 Å². The van der Waals surface area contributed by atoms with E-state index in [0.29, 0.717) is 4.90 Å². The molecule has 0 bridgehead atoms. The third-order valence-corrected chi connectivity index (χ3v) is 3.05. The van der Waals surface area contributed by atoms with E-state index < -0.39 is 23.9 Å². The van der Waals surface area contributed by atoms with Gasteiger partial charge < -0.3 is 15.0 Å². The van der Waals surface area contributed by atoms with E-state index in [1.54, 1.807) is 0 Å². The van der Waals surface area contributed by atoms with Crippen LogP contribution in [0.1, 0.15) is 12.8 Å². The summed E-state index contributed by atoms with van der Waals surface area (Å²) in [7, 11) is 1.32. The Balaban J connectivity index is 2.53. The first-order valence-electron chi connectivity index (χ1n) is 6.11. The van der Waals surface area contributed by atoms with Crippen molar-refractivity contribution in [2.45, 2.75) is 31.0 Å². The maximum atomic E-state index is 12.9. The molecule has 0 atom stereocenters. The van der Waals surface area contributed by atoms with Gasteiger partial charge in [0.15, 0.2) is 0 Å². The molecular formula is C11H15F5N2O3. The first-order valence-corrected chi connectivity index (χ1v) is 6.11. The quantitative estimate of drug-likeness (QED) is 0.785. The van der Waals surface area contributed by atoms with Gasteiger partial charge in [-0.25, -0.2) is 0 Å². The van der Waals surface area contributed by atoms with Gasteiger partial charge in [-0.1, -0.05) is 0 Å². The second-order valence-electron chi connectivity index (χ2n) is 4.64. The van der Waals surface area contributed by atoms with E-state index in [4.69, 9.17) is 0 Å². The molecule has 1 rings (SSSR count). The number of alkyl halides is 5. The minimum absolute atomic E-state index is 0.106. The molecule has 5 nitrogen and oxygen atoms in total. The van der Waals surface area contributed by atoms with Crippen molar-refractivity contribution >= 4 is 11.8 Å². The molecule has 0 spiro atoms. The molecule has 2 amide bonds. The number of piperidine rings is 1. The molecule has 1 saturated heterocycles. The Morgan fingerprint density at radius 2 is 1.71 bits per heavy atom. The number of hydrogen-bond acceptors (Lipinski definition) is 3. The molecule has 0 saturated carbocycles. The Hall–Kier alpha value is -1.45. The molecule has 0 aromatic rings. The summed E-state index contributed by atoms with van der Waals surface area (Å²) in [6, 6.07) is -0.379. The van der Waals surface area contributed by atoms with Crippen LogP contribution in [0.4, 0.5) is 22.0 Å². The van der Waals surface area contributed by atoms with Crippen LogP contribution < -0.4 is 5.32 Å². The van der Waals surface area contributed by atoms with Crippen molar-refractivity contribution in [2.75, 3.05) is 26.8 Å². The van der Waals surface area contributed by atoms with Gasteiger partial charge in [0.1, 0.15) is 6.61 Å². The Morgan fingerprint density at radius 1 is 1.19 bits per heavy atom. The van der Waals surface area contributed by atoms with Crippen molar-refractivity contribution in [3.8, 4) is 0 Å². The van der Waals surface area contributed by atoms with Crippen molar-refractivity contribution < 1.29 is 36.3 Å². The van der Waals surface area contributed by atoms with Crippen molar-refractivity contribution in [1.29, 1.82) is 0 Å². The number of hydrogen-bond donors (Lipinski definition) is 1. The Labute approximate surface area is 117 Å². The lowest BCUT2D eigenvalue weighted by molar-refractivity contribution is -0.274. The first-order chi connectivity index (χ1) is 9.59. The lowest BCUT2D eigenvalue weighted by atomic mass is 10.0. The Bertz CT molecular complexity index is 392. The molecule has 1 N–H and O–H groups in total.